The Morgan fingerprint density at radius 1 is 1.40 bits per heavy atom. The van der Waals surface area contributed by atoms with Gasteiger partial charge in [0.25, 0.3) is 0 Å². The monoisotopic (exact) mass is 289 g/mol. The Bertz CT molecular complexity index is 504. The highest BCUT2D eigenvalue weighted by molar-refractivity contribution is 7.10. The molecule has 1 aliphatic carbocycles. The Labute approximate surface area is 125 Å². The molecule has 1 saturated carbocycles. The van der Waals surface area contributed by atoms with Crippen molar-refractivity contribution in [3.63, 3.8) is 0 Å². The van der Waals surface area contributed by atoms with E-state index >= 15 is 0 Å². The number of hydrogen-bond donors (Lipinski definition) is 1. The first-order valence-electron chi connectivity index (χ1n) is 7.52. The first kappa shape index (κ1) is 13.8. The zero-order valence-electron chi connectivity index (χ0n) is 12.2. The molecule has 108 valence electrons. The lowest BCUT2D eigenvalue weighted by atomic mass is 10.0. The molecular weight excluding hydrogens is 266 g/mol. The zero-order valence-corrected chi connectivity index (χ0v) is 13.0. The van der Waals surface area contributed by atoms with Gasteiger partial charge >= 0.3 is 0 Å². The summed E-state index contributed by atoms with van der Waals surface area (Å²) >= 11 is 1.86. The summed E-state index contributed by atoms with van der Waals surface area (Å²) in [6.45, 7) is 4.61. The smallest absolute Gasteiger partial charge is 0.0949 e. The van der Waals surface area contributed by atoms with Gasteiger partial charge in [0.15, 0.2) is 0 Å². The molecule has 3 rings (SSSR count). The number of thiophene rings is 1. The molecule has 2 heterocycles. The highest BCUT2D eigenvalue weighted by Crippen LogP contribution is 2.34. The summed E-state index contributed by atoms with van der Waals surface area (Å²) < 4.78 is 2.27. The average Bonchev–Trinajstić information content (AvgIpc) is 3.16. The van der Waals surface area contributed by atoms with Crippen LogP contribution in [0.25, 0.3) is 0 Å². The Hall–Kier alpha value is -1.13. The lowest BCUT2D eigenvalue weighted by molar-refractivity contribution is 0.313. The first-order valence-corrected chi connectivity index (χ1v) is 8.40. The van der Waals surface area contributed by atoms with Crippen LogP contribution in [-0.2, 0) is 0 Å². The molecule has 0 aromatic carbocycles. The molecule has 0 bridgehead atoms. The van der Waals surface area contributed by atoms with E-state index in [2.05, 4.69) is 52.4 Å². The van der Waals surface area contributed by atoms with Crippen LogP contribution in [0.3, 0.4) is 0 Å². The van der Waals surface area contributed by atoms with Crippen LogP contribution in [0, 0.1) is 5.92 Å². The lowest BCUT2D eigenvalue weighted by Crippen LogP contribution is -2.38. The van der Waals surface area contributed by atoms with Crippen LogP contribution in [0.1, 0.15) is 50.1 Å². The minimum absolute atomic E-state index is 0.462. The van der Waals surface area contributed by atoms with Crippen molar-refractivity contribution in [2.45, 2.75) is 51.2 Å². The van der Waals surface area contributed by atoms with E-state index in [1.165, 1.54) is 24.1 Å². The Morgan fingerprint density at radius 3 is 2.95 bits per heavy atom. The van der Waals surface area contributed by atoms with E-state index in [1.807, 2.05) is 23.9 Å². The molecule has 1 aliphatic rings. The van der Waals surface area contributed by atoms with Crippen molar-refractivity contribution in [2.24, 2.45) is 5.92 Å². The van der Waals surface area contributed by atoms with Gasteiger partial charge in [0.05, 0.1) is 6.33 Å². The van der Waals surface area contributed by atoms with Crippen molar-refractivity contribution in [3.8, 4) is 0 Å². The average molecular weight is 289 g/mol. The molecule has 0 radical (unpaired) electrons. The van der Waals surface area contributed by atoms with E-state index in [0.717, 1.165) is 0 Å². The fourth-order valence-electron chi connectivity index (χ4n) is 3.26. The summed E-state index contributed by atoms with van der Waals surface area (Å²) in [5, 5.41) is 6.09. The van der Waals surface area contributed by atoms with Crippen LogP contribution in [0.5, 0.6) is 0 Å². The maximum Gasteiger partial charge on any atom is 0.0949 e. The number of rotatable bonds is 5. The fourth-order valence-corrected chi connectivity index (χ4v) is 4.22. The molecule has 3 unspecified atom stereocenters. The molecule has 0 saturated heterocycles. The van der Waals surface area contributed by atoms with Crippen LogP contribution in [0.4, 0.5) is 0 Å². The van der Waals surface area contributed by atoms with Crippen molar-refractivity contribution in [1.82, 2.24) is 14.9 Å². The van der Waals surface area contributed by atoms with Crippen LogP contribution in [0.15, 0.2) is 36.2 Å². The van der Waals surface area contributed by atoms with Gasteiger partial charge in [-0.2, -0.15) is 0 Å². The van der Waals surface area contributed by atoms with E-state index in [4.69, 9.17) is 0 Å². The normalized spacial score (nSPS) is 24.4. The SMILES string of the molecule is CC(C)C(NC1CCCC1n1ccnc1)c1cccs1. The predicted molar refractivity (Wildman–Crippen MR) is 83.9 cm³/mol. The van der Waals surface area contributed by atoms with E-state index in [-0.39, 0.29) is 0 Å². The molecule has 2 aromatic rings. The number of nitrogens with one attached hydrogen (secondary N) is 1. The predicted octanol–water partition coefficient (Wildman–Crippen LogP) is 4.03. The molecule has 1 N–H and O–H groups in total. The van der Waals surface area contributed by atoms with Crippen molar-refractivity contribution < 1.29 is 0 Å². The highest BCUT2D eigenvalue weighted by atomic mass is 32.1. The minimum Gasteiger partial charge on any atom is -0.333 e. The van der Waals surface area contributed by atoms with Gasteiger partial charge in [-0.15, -0.1) is 11.3 Å². The molecule has 0 aliphatic heterocycles. The van der Waals surface area contributed by atoms with Gasteiger partial charge in [0.2, 0.25) is 0 Å². The van der Waals surface area contributed by atoms with Gasteiger partial charge in [-0.1, -0.05) is 19.9 Å². The third kappa shape index (κ3) is 2.81. The molecule has 1 fully saturated rings. The quantitative estimate of drug-likeness (QED) is 0.901. The third-order valence-electron chi connectivity index (χ3n) is 4.30. The van der Waals surface area contributed by atoms with E-state index in [0.29, 0.717) is 24.0 Å². The van der Waals surface area contributed by atoms with Crippen molar-refractivity contribution in [1.29, 1.82) is 0 Å². The highest BCUT2D eigenvalue weighted by Gasteiger charge is 2.31. The zero-order chi connectivity index (χ0) is 13.9. The molecular formula is C16H23N3S. The Kier molecular flexibility index (Phi) is 4.22. The maximum absolute atomic E-state index is 4.20. The van der Waals surface area contributed by atoms with Crippen LogP contribution < -0.4 is 5.32 Å². The Balaban J connectivity index is 1.75. The molecule has 0 spiro atoms. The van der Waals surface area contributed by atoms with Gasteiger partial charge < -0.3 is 9.88 Å². The van der Waals surface area contributed by atoms with Gasteiger partial charge in [-0.05, 0) is 36.6 Å². The number of aromatic nitrogens is 2. The maximum atomic E-state index is 4.20. The van der Waals surface area contributed by atoms with Crippen LogP contribution in [-0.4, -0.2) is 15.6 Å². The van der Waals surface area contributed by atoms with Gasteiger partial charge in [-0.25, -0.2) is 4.98 Å². The summed E-state index contributed by atoms with van der Waals surface area (Å²) in [6, 6.07) is 5.98. The topological polar surface area (TPSA) is 29.9 Å². The lowest BCUT2D eigenvalue weighted by Gasteiger charge is -2.29. The van der Waals surface area contributed by atoms with Crippen LogP contribution >= 0.6 is 11.3 Å². The second kappa shape index (κ2) is 6.10. The van der Waals surface area contributed by atoms with Crippen LogP contribution in [0.2, 0.25) is 0 Å². The standard InChI is InChI=1S/C16H23N3S/c1-12(2)16(15-7-4-10-20-15)18-13-5-3-6-14(13)19-9-8-17-11-19/h4,7-14,16,18H,3,5-6H2,1-2H3. The fraction of sp³-hybridized carbons (Fsp3) is 0.562. The van der Waals surface area contributed by atoms with Gasteiger partial charge in [-0.3, -0.25) is 0 Å². The molecule has 0 amide bonds. The molecule has 4 heteroatoms. The van der Waals surface area contributed by atoms with Gasteiger partial charge in [0.1, 0.15) is 0 Å². The van der Waals surface area contributed by atoms with Gasteiger partial charge in [0, 0.05) is 35.4 Å². The molecule has 20 heavy (non-hydrogen) atoms. The molecule has 3 atom stereocenters. The van der Waals surface area contributed by atoms with Crippen molar-refractivity contribution >= 4 is 11.3 Å². The molecule has 3 nitrogen and oxygen atoms in total. The minimum atomic E-state index is 0.462. The Morgan fingerprint density at radius 2 is 2.30 bits per heavy atom. The number of imidazole rings is 1. The van der Waals surface area contributed by atoms with E-state index < -0.39 is 0 Å². The number of hydrogen-bond acceptors (Lipinski definition) is 3. The third-order valence-corrected chi connectivity index (χ3v) is 5.25. The summed E-state index contributed by atoms with van der Waals surface area (Å²) in [5.41, 5.74) is 0. The first-order chi connectivity index (χ1) is 9.75. The molecule has 2 aromatic heterocycles. The second-order valence-corrected chi connectivity index (χ2v) is 7.00. The summed E-state index contributed by atoms with van der Waals surface area (Å²) in [4.78, 5) is 5.66. The summed E-state index contributed by atoms with van der Waals surface area (Å²) in [7, 11) is 0. The van der Waals surface area contributed by atoms with E-state index in [1.54, 1.807) is 0 Å². The second-order valence-electron chi connectivity index (χ2n) is 6.02. The van der Waals surface area contributed by atoms with Crippen molar-refractivity contribution in [2.75, 3.05) is 0 Å². The van der Waals surface area contributed by atoms with Crippen molar-refractivity contribution in [3.05, 3.63) is 41.1 Å². The summed E-state index contributed by atoms with van der Waals surface area (Å²) in [6.07, 6.45) is 9.76. The van der Waals surface area contributed by atoms with E-state index in [9.17, 15) is 0 Å². The summed E-state index contributed by atoms with van der Waals surface area (Å²) in [5.74, 6) is 0.609. The largest absolute Gasteiger partial charge is 0.333 e. The number of nitrogens with zero attached hydrogens (tertiary/aromatic N) is 2.